The maximum absolute atomic E-state index is 13.5. The zero-order valence-corrected chi connectivity index (χ0v) is 18.4. The smallest absolute Gasteiger partial charge is 0.162 e. The Balaban J connectivity index is 1.68. The first-order valence-electron chi connectivity index (χ1n) is 10.5. The van der Waals surface area contributed by atoms with Gasteiger partial charge in [-0.25, -0.2) is 14.4 Å². The number of hydrogen-bond donors (Lipinski definition) is 2. The quantitative estimate of drug-likeness (QED) is 0.513. The van der Waals surface area contributed by atoms with Gasteiger partial charge in [0, 0.05) is 17.1 Å². The summed E-state index contributed by atoms with van der Waals surface area (Å²) in [7, 11) is 1.63. The predicted molar refractivity (Wildman–Crippen MR) is 121 cm³/mol. The zero-order chi connectivity index (χ0) is 21.8. The lowest BCUT2D eigenvalue weighted by molar-refractivity contribution is 0.105. The van der Waals surface area contributed by atoms with Gasteiger partial charge in [-0.2, -0.15) is 0 Å². The summed E-state index contributed by atoms with van der Waals surface area (Å²) in [6.07, 6.45) is 4.67. The number of rotatable bonds is 7. The molecule has 8 heteroatoms. The zero-order valence-electron chi connectivity index (χ0n) is 17.6. The van der Waals surface area contributed by atoms with E-state index < -0.39 is 5.82 Å². The Morgan fingerprint density at radius 3 is 2.71 bits per heavy atom. The second-order valence-electron chi connectivity index (χ2n) is 7.65. The average molecular weight is 445 g/mol. The van der Waals surface area contributed by atoms with Gasteiger partial charge in [0.15, 0.2) is 11.5 Å². The van der Waals surface area contributed by atoms with Crippen molar-refractivity contribution in [2.75, 3.05) is 25.5 Å². The number of anilines is 2. The molecule has 0 bridgehead atoms. The number of aromatic nitrogens is 2. The highest BCUT2D eigenvalue weighted by Gasteiger charge is 2.25. The van der Waals surface area contributed by atoms with Crippen molar-refractivity contribution < 1.29 is 13.9 Å². The van der Waals surface area contributed by atoms with Gasteiger partial charge in [0.2, 0.25) is 0 Å². The van der Waals surface area contributed by atoms with Crippen LogP contribution in [0.15, 0.2) is 36.7 Å². The Morgan fingerprint density at radius 1 is 1.19 bits per heavy atom. The van der Waals surface area contributed by atoms with E-state index in [4.69, 9.17) is 21.1 Å². The van der Waals surface area contributed by atoms with E-state index in [9.17, 15) is 4.39 Å². The van der Waals surface area contributed by atoms with Crippen LogP contribution in [0.4, 0.5) is 15.9 Å². The molecule has 1 saturated heterocycles. The first-order chi connectivity index (χ1) is 15.1. The van der Waals surface area contributed by atoms with E-state index in [1.165, 1.54) is 18.5 Å². The Morgan fingerprint density at radius 2 is 2.00 bits per heavy atom. The minimum atomic E-state index is -0.469. The van der Waals surface area contributed by atoms with Crippen molar-refractivity contribution in [1.29, 1.82) is 0 Å². The van der Waals surface area contributed by atoms with Crippen LogP contribution in [0.2, 0.25) is 5.02 Å². The van der Waals surface area contributed by atoms with Crippen LogP contribution in [0.3, 0.4) is 0 Å². The van der Waals surface area contributed by atoms with E-state index >= 15 is 0 Å². The minimum Gasteiger partial charge on any atom is -0.493 e. The van der Waals surface area contributed by atoms with Crippen LogP contribution < -0.4 is 20.1 Å². The maximum Gasteiger partial charge on any atom is 0.162 e. The van der Waals surface area contributed by atoms with E-state index in [1.807, 2.05) is 12.1 Å². The van der Waals surface area contributed by atoms with Crippen molar-refractivity contribution in [3.63, 3.8) is 0 Å². The third-order valence-electron chi connectivity index (χ3n) is 5.69. The second kappa shape index (κ2) is 9.66. The number of ether oxygens (including phenoxy) is 2. The summed E-state index contributed by atoms with van der Waals surface area (Å²) in [6, 6.07) is 8.21. The van der Waals surface area contributed by atoms with Crippen LogP contribution in [-0.4, -0.2) is 36.3 Å². The molecule has 164 valence electrons. The van der Waals surface area contributed by atoms with Gasteiger partial charge in [-0.3, -0.25) is 0 Å². The van der Waals surface area contributed by atoms with Crippen LogP contribution >= 0.6 is 11.6 Å². The molecule has 0 saturated carbocycles. The first kappa shape index (κ1) is 21.6. The molecule has 1 unspecified atom stereocenters. The molecule has 1 atom stereocenters. The van der Waals surface area contributed by atoms with Crippen molar-refractivity contribution in [1.82, 2.24) is 15.3 Å². The summed E-state index contributed by atoms with van der Waals surface area (Å²) in [5.74, 6) is 1.90. The number of hydrogen-bond acceptors (Lipinski definition) is 6. The fraction of sp³-hybridized carbons (Fsp3) is 0.391. The van der Waals surface area contributed by atoms with Gasteiger partial charge in [0.1, 0.15) is 24.1 Å². The first-order valence-corrected chi connectivity index (χ1v) is 10.9. The number of fused-ring (bicyclic) bond motifs is 1. The van der Waals surface area contributed by atoms with Crippen LogP contribution in [0.5, 0.6) is 11.5 Å². The standard InChI is InChI=1S/C23H26ClFN4O2/c1-3-20(14-6-8-26-9-7-14)31-22-11-16-19(12-21(22)30-2)27-13-28-23(16)29-15-4-5-18(25)17(24)10-15/h4-5,10-14,20,26H,3,6-9H2,1-2H3,(H,27,28,29). The molecule has 0 amide bonds. The normalized spacial score (nSPS) is 15.6. The molecule has 3 aromatic rings. The Kier molecular flexibility index (Phi) is 6.73. The topological polar surface area (TPSA) is 68.3 Å². The van der Waals surface area contributed by atoms with E-state index in [2.05, 4.69) is 27.5 Å². The van der Waals surface area contributed by atoms with Crippen molar-refractivity contribution >= 4 is 34.0 Å². The second-order valence-corrected chi connectivity index (χ2v) is 8.06. The summed E-state index contributed by atoms with van der Waals surface area (Å²) in [5.41, 5.74) is 1.34. The Hall–Kier alpha value is -2.64. The van der Waals surface area contributed by atoms with Crippen LogP contribution in [0, 0.1) is 11.7 Å². The maximum atomic E-state index is 13.5. The highest BCUT2D eigenvalue weighted by atomic mass is 35.5. The van der Waals surface area contributed by atoms with Crippen LogP contribution in [0.1, 0.15) is 26.2 Å². The predicted octanol–water partition coefficient (Wildman–Crippen LogP) is 5.33. The molecule has 1 aromatic heterocycles. The lowest BCUT2D eigenvalue weighted by Crippen LogP contribution is -2.36. The summed E-state index contributed by atoms with van der Waals surface area (Å²) < 4.78 is 25.6. The van der Waals surface area contributed by atoms with Crippen LogP contribution in [0.25, 0.3) is 10.9 Å². The molecule has 2 heterocycles. The average Bonchev–Trinajstić information content (AvgIpc) is 2.80. The highest BCUT2D eigenvalue weighted by Crippen LogP contribution is 2.37. The molecule has 1 aliphatic heterocycles. The lowest BCUT2D eigenvalue weighted by Gasteiger charge is -2.31. The molecular formula is C23H26ClFN4O2. The van der Waals surface area contributed by atoms with Crippen molar-refractivity contribution in [2.24, 2.45) is 5.92 Å². The van der Waals surface area contributed by atoms with Gasteiger partial charge in [-0.1, -0.05) is 18.5 Å². The lowest BCUT2D eigenvalue weighted by atomic mass is 9.90. The van der Waals surface area contributed by atoms with Gasteiger partial charge in [-0.05, 0) is 62.5 Å². The van der Waals surface area contributed by atoms with E-state index in [0.717, 1.165) is 37.7 Å². The molecule has 31 heavy (non-hydrogen) atoms. The fourth-order valence-electron chi connectivity index (χ4n) is 4.02. The monoisotopic (exact) mass is 444 g/mol. The largest absolute Gasteiger partial charge is 0.493 e. The molecule has 1 aliphatic rings. The molecule has 2 N–H and O–H groups in total. The van der Waals surface area contributed by atoms with E-state index in [-0.39, 0.29) is 11.1 Å². The third kappa shape index (κ3) is 4.83. The van der Waals surface area contributed by atoms with Gasteiger partial charge < -0.3 is 20.1 Å². The SMILES string of the molecule is CCC(Oc1cc2c(Nc3ccc(F)c(Cl)c3)ncnc2cc1OC)C1CCNCC1. The summed E-state index contributed by atoms with van der Waals surface area (Å²) >= 11 is 5.92. The summed E-state index contributed by atoms with van der Waals surface area (Å²) in [6.45, 7) is 4.18. The summed E-state index contributed by atoms with van der Waals surface area (Å²) in [4.78, 5) is 8.75. The number of methoxy groups -OCH3 is 1. The fourth-order valence-corrected chi connectivity index (χ4v) is 4.20. The van der Waals surface area contributed by atoms with Gasteiger partial charge in [0.25, 0.3) is 0 Å². The number of benzene rings is 2. The number of piperidine rings is 1. The molecular weight excluding hydrogens is 419 g/mol. The minimum absolute atomic E-state index is 0.0433. The summed E-state index contributed by atoms with van der Waals surface area (Å²) in [5, 5.41) is 7.43. The van der Waals surface area contributed by atoms with Gasteiger partial charge in [0.05, 0.1) is 17.6 Å². The molecule has 6 nitrogen and oxygen atoms in total. The third-order valence-corrected chi connectivity index (χ3v) is 5.98. The Labute approximate surface area is 186 Å². The number of nitrogens with one attached hydrogen (secondary N) is 2. The van der Waals surface area contributed by atoms with Crippen molar-refractivity contribution in [2.45, 2.75) is 32.3 Å². The van der Waals surface area contributed by atoms with Gasteiger partial charge >= 0.3 is 0 Å². The van der Waals surface area contributed by atoms with Crippen LogP contribution in [-0.2, 0) is 0 Å². The van der Waals surface area contributed by atoms with Crippen molar-refractivity contribution in [3.8, 4) is 11.5 Å². The molecule has 1 fully saturated rings. The Bertz CT molecular complexity index is 1060. The number of halogens is 2. The highest BCUT2D eigenvalue weighted by molar-refractivity contribution is 6.31. The molecule has 4 rings (SSSR count). The molecule has 2 aromatic carbocycles. The number of nitrogens with zero attached hydrogens (tertiary/aromatic N) is 2. The molecule has 0 spiro atoms. The van der Waals surface area contributed by atoms with Crippen molar-refractivity contribution in [3.05, 3.63) is 47.5 Å². The van der Waals surface area contributed by atoms with E-state index in [0.29, 0.717) is 34.4 Å². The van der Waals surface area contributed by atoms with E-state index in [1.54, 1.807) is 13.2 Å². The molecule has 0 aliphatic carbocycles. The van der Waals surface area contributed by atoms with Gasteiger partial charge in [-0.15, -0.1) is 0 Å². The molecule has 0 radical (unpaired) electrons.